The highest BCUT2D eigenvalue weighted by molar-refractivity contribution is 7.99. The van der Waals surface area contributed by atoms with E-state index in [0.717, 1.165) is 32.3 Å². The predicted molar refractivity (Wildman–Crippen MR) is 121 cm³/mol. The van der Waals surface area contributed by atoms with E-state index in [0.29, 0.717) is 18.8 Å². The Hall–Kier alpha value is -2.53. The van der Waals surface area contributed by atoms with Crippen LogP contribution in [-0.4, -0.2) is 15.9 Å². The van der Waals surface area contributed by atoms with Crippen LogP contribution in [0.2, 0.25) is 0 Å². The second-order valence-corrected chi connectivity index (χ2v) is 8.73. The molecule has 0 saturated heterocycles. The quantitative estimate of drug-likeness (QED) is 0.432. The molecule has 1 amide bonds. The Morgan fingerprint density at radius 1 is 1.21 bits per heavy atom. The number of aromatic amines is 1. The maximum atomic E-state index is 12.4. The summed E-state index contributed by atoms with van der Waals surface area (Å²) in [5.74, 6) is 1.61. The van der Waals surface area contributed by atoms with E-state index in [-0.39, 0.29) is 5.91 Å². The number of imidazole rings is 1. The van der Waals surface area contributed by atoms with Gasteiger partial charge >= 0.3 is 0 Å². The number of nitrogens with zero attached hydrogens (tertiary/aromatic N) is 1. The van der Waals surface area contributed by atoms with Gasteiger partial charge < -0.3 is 10.3 Å². The summed E-state index contributed by atoms with van der Waals surface area (Å²) < 4.78 is 0. The van der Waals surface area contributed by atoms with Gasteiger partial charge in [-0.15, -0.1) is 6.58 Å². The Morgan fingerprint density at radius 2 is 2.00 bits per heavy atom. The minimum absolute atomic E-state index is 0.00204. The van der Waals surface area contributed by atoms with Crippen LogP contribution in [0.5, 0.6) is 0 Å². The average molecular weight is 406 g/mol. The third-order valence-corrected chi connectivity index (χ3v) is 6.48. The van der Waals surface area contributed by atoms with Crippen molar-refractivity contribution in [1.29, 1.82) is 0 Å². The molecule has 0 spiro atoms. The fraction of sp³-hybridized carbons (Fsp3) is 0.333. The Kier molecular flexibility index (Phi) is 6.35. The first-order chi connectivity index (χ1) is 14.2. The van der Waals surface area contributed by atoms with Crippen LogP contribution in [0.3, 0.4) is 0 Å². The van der Waals surface area contributed by atoms with E-state index in [9.17, 15) is 4.79 Å². The molecule has 1 fully saturated rings. The van der Waals surface area contributed by atoms with Crippen molar-refractivity contribution in [2.75, 3.05) is 5.32 Å². The summed E-state index contributed by atoms with van der Waals surface area (Å²) >= 11 is 1.66. The summed E-state index contributed by atoms with van der Waals surface area (Å²) in [5.41, 5.74) is 2.78. The fourth-order valence-electron chi connectivity index (χ4n) is 3.87. The first-order valence-corrected chi connectivity index (χ1v) is 11.2. The molecule has 0 aliphatic heterocycles. The number of carbonyl (C=O) groups is 1. The molecule has 5 heteroatoms. The number of rotatable bonds is 7. The number of amides is 1. The second kappa shape index (κ2) is 9.31. The second-order valence-electron chi connectivity index (χ2n) is 7.61. The SMILES string of the molecule is C=CCCC(=O)Nc1cc2nc(C3CCCCC3)[nH]c2cc1Sc1ccccc1. The van der Waals surface area contributed by atoms with Crippen molar-refractivity contribution in [3.05, 3.63) is 60.9 Å². The molecule has 1 saturated carbocycles. The number of nitrogens with one attached hydrogen (secondary N) is 2. The maximum absolute atomic E-state index is 12.4. The Balaban J connectivity index is 1.67. The zero-order chi connectivity index (χ0) is 20.1. The van der Waals surface area contributed by atoms with Crippen LogP contribution >= 0.6 is 11.8 Å². The molecule has 3 aromatic rings. The predicted octanol–water partition coefficient (Wildman–Crippen LogP) is 6.67. The number of H-pyrrole nitrogens is 1. The molecule has 0 bridgehead atoms. The smallest absolute Gasteiger partial charge is 0.224 e. The van der Waals surface area contributed by atoms with Crippen molar-refractivity contribution >= 4 is 34.4 Å². The van der Waals surface area contributed by atoms with Gasteiger partial charge in [0.25, 0.3) is 0 Å². The number of fused-ring (bicyclic) bond motifs is 1. The van der Waals surface area contributed by atoms with Gasteiger partial charge in [0.15, 0.2) is 0 Å². The van der Waals surface area contributed by atoms with Crippen molar-refractivity contribution in [2.24, 2.45) is 0 Å². The van der Waals surface area contributed by atoms with E-state index in [4.69, 9.17) is 4.98 Å². The van der Waals surface area contributed by atoms with Gasteiger partial charge in [-0.1, -0.05) is 55.3 Å². The lowest BCUT2D eigenvalue weighted by Crippen LogP contribution is -2.11. The lowest BCUT2D eigenvalue weighted by Gasteiger charge is -2.18. The van der Waals surface area contributed by atoms with E-state index < -0.39 is 0 Å². The van der Waals surface area contributed by atoms with Crippen LogP contribution in [0.4, 0.5) is 5.69 Å². The lowest BCUT2D eigenvalue weighted by atomic mass is 9.89. The highest BCUT2D eigenvalue weighted by Crippen LogP contribution is 2.38. The first-order valence-electron chi connectivity index (χ1n) is 10.4. The van der Waals surface area contributed by atoms with E-state index in [1.807, 2.05) is 24.3 Å². The Labute approximate surface area is 176 Å². The van der Waals surface area contributed by atoms with Gasteiger partial charge in [-0.3, -0.25) is 4.79 Å². The van der Waals surface area contributed by atoms with Crippen molar-refractivity contribution in [3.63, 3.8) is 0 Å². The first kappa shape index (κ1) is 19.8. The molecular weight excluding hydrogens is 378 g/mol. The van der Waals surface area contributed by atoms with E-state index in [2.05, 4.69) is 35.1 Å². The normalized spacial score (nSPS) is 14.8. The van der Waals surface area contributed by atoms with Crippen molar-refractivity contribution in [1.82, 2.24) is 9.97 Å². The van der Waals surface area contributed by atoms with Crippen LogP contribution in [0.25, 0.3) is 11.0 Å². The molecule has 29 heavy (non-hydrogen) atoms. The van der Waals surface area contributed by atoms with Crippen molar-refractivity contribution in [2.45, 2.75) is 60.7 Å². The monoisotopic (exact) mass is 405 g/mol. The molecule has 2 aromatic carbocycles. The highest BCUT2D eigenvalue weighted by Gasteiger charge is 2.20. The van der Waals surface area contributed by atoms with Crippen LogP contribution in [0.1, 0.15) is 56.7 Å². The number of benzene rings is 2. The number of hydrogen-bond acceptors (Lipinski definition) is 3. The number of carbonyl (C=O) groups excluding carboxylic acids is 1. The summed E-state index contributed by atoms with van der Waals surface area (Å²) in [6.45, 7) is 3.70. The Morgan fingerprint density at radius 3 is 2.76 bits per heavy atom. The van der Waals surface area contributed by atoms with Gasteiger partial charge in [0.1, 0.15) is 5.82 Å². The third kappa shape index (κ3) is 4.91. The third-order valence-electron chi connectivity index (χ3n) is 5.41. The van der Waals surface area contributed by atoms with Gasteiger partial charge in [0.05, 0.1) is 16.7 Å². The van der Waals surface area contributed by atoms with Gasteiger partial charge in [0.2, 0.25) is 5.91 Å². The fourth-order valence-corrected chi connectivity index (χ4v) is 4.81. The lowest BCUT2D eigenvalue weighted by molar-refractivity contribution is -0.116. The van der Waals surface area contributed by atoms with Crippen LogP contribution in [0.15, 0.2) is 64.9 Å². The number of aromatic nitrogens is 2. The molecule has 4 nitrogen and oxygen atoms in total. The molecule has 150 valence electrons. The largest absolute Gasteiger partial charge is 0.342 e. The zero-order valence-electron chi connectivity index (χ0n) is 16.6. The summed E-state index contributed by atoms with van der Waals surface area (Å²) in [5, 5.41) is 3.09. The molecule has 1 aliphatic rings. The van der Waals surface area contributed by atoms with E-state index >= 15 is 0 Å². The van der Waals surface area contributed by atoms with Crippen LogP contribution < -0.4 is 5.32 Å². The molecule has 1 heterocycles. The number of hydrogen-bond donors (Lipinski definition) is 2. The molecule has 0 radical (unpaired) electrons. The minimum Gasteiger partial charge on any atom is -0.342 e. The standard InChI is InChI=1S/C24H27N3OS/c1-2-3-14-23(28)25-21-15-19-20(16-22(21)29-18-12-8-5-9-13-18)27-24(26-19)17-10-6-4-7-11-17/h2,5,8-9,12-13,15-17H,1,3-4,6-7,10-11,14H2,(H,25,28)(H,26,27). The number of allylic oxidation sites excluding steroid dienone is 1. The molecule has 0 unspecified atom stereocenters. The molecule has 1 aliphatic carbocycles. The average Bonchev–Trinajstić information content (AvgIpc) is 3.17. The molecule has 2 N–H and O–H groups in total. The summed E-state index contributed by atoms with van der Waals surface area (Å²) in [6.07, 6.45) is 9.17. The topological polar surface area (TPSA) is 57.8 Å². The van der Waals surface area contributed by atoms with Gasteiger partial charge in [-0.2, -0.15) is 0 Å². The molecular formula is C24H27N3OS. The van der Waals surface area contributed by atoms with Gasteiger partial charge in [-0.25, -0.2) is 4.98 Å². The van der Waals surface area contributed by atoms with Crippen molar-refractivity contribution < 1.29 is 4.79 Å². The maximum Gasteiger partial charge on any atom is 0.224 e. The Bertz CT molecular complexity index is 990. The molecule has 1 aromatic heterocycles. The van der Waals surface area contributed by atoms with Gasteiger partial charge in [-0.05, 0) is 43.5 Å². The molecule has 0 atom stereocenters. The minimum atomic E-state index is 0.00204. The molecule has 4 rings (SSSR count). The zero-order valence-corrected chi connectivity index (χ0v) is 17.4. The summed E-state index contributed by atoms with van der Waals surface area (Å²) in [6, 6.07) is 14.4. The van der Waals surface area contributed by atoms with Crippen molar-refractivity contribution in [3.8, 4) is 0 Å². The number of anilines is 1. The van der Waals surface area contributed by atoms with E-state index in [1.165, 1.54) is 32.1 Å². The van der Waals surface area contributed by atoms with E-state index in [1.54, 1.807) is 17.8 Å². The highest BCUT2D eigenvalue weighted by atomic mass is 32.2. The van der Waals surface area contributed by atoms with Crippen LogP contribution in [-0.2, 0) is 4.79 Å². The van der Waals surface area contributed by atoms with Crippen LogP contribution in [0, 0.1) is 0 Å². The van der Waals surface area contributed by atoms with Gasteiger partial charge in [0, 0.05) is 22.1 Å². The summed E-state index contributed by atoms with van der Waals surface area (Å²) in [7, 11) is 0. The summed E-state index contributed by atoms with van der Waals surface area (Å²) in [4.78, 5) is 23.0.